The highest BCUT2D eigenvalue weighted by Crippen LogP contribution is 2.25. The molecule has 0 bridgehead atoms. The minimum atomic E-state index is 0. The van der Waals surface area contributed by atoms with Gasteiger partial charge in [0, 0.05) is 22.0 Å². The van der Waals surface area contributed by atoms with Gasteiger partial charge in [0.05, 0.1) is 5.52 Å². The van der Waals surface area contributed by atoms with E-state index in [9.17, 15) is 0 Å². The minimum Gasteiger partial charge on any atom is -0.369 e. The van der Waals surface area contributed by atoms with Crippen molar-refractivity contribution in [3.63, 3.8) is 0 Å². The summed E-state index contributed by atoms with van der Waals surface area (Å²) in [5.74, 6) is 1.46. The minimum absolute atomic E-state index is 0. The summed E-state index contributed by atoms with van der Waals surface area (Å²) in [5, 5.41) is 5.76. The maximum atomic E-state index is 6.18. The monoisotopic (exact) mass is 486 g/mol. The predicted molar refractivity (Wildman–Crippen MR) is 135 cm³/mol. The molecule has 0 fully saturated rings. The van der Waals surface area contributed by atoms with Gasteiger partial charge in [-0.25, -0.2) is 9.97 Å². The average Bonchev–Trinajstić information content (AvgIpc) is 2.70. The lowest BCUT2D eigenvalue weighted by atomic mass is 10.2. The first-order valence-corrected chi connectivity index (χ1v) is 10.3. The molecule has 4 nitrogen and oxygen atoms in total. The highest BCUT2D eigenvalue weighted by atomic mass is 35.5. The third-order valence-electron chi connectivity index (χ3n) is 4.39. The number of benzene rings is 2. The van der Waals surface area contributed by atoms with Crippen LogP contribution in [0, 0.1) is 0 Å². The van der Waals surface area contributed by atoms with Crippen molar-refractivity contribution < 1.29 is 0 Å². The lowest BCUT2D eigenvalue weighted by Crippen LogP contribution is -2.06. The lowest BCUT2D eigenvalue weighted by molar-refractivity contribution is 0.661. The number of hydrogen-bond acceptors (Lipinski definition) is 4. The fraction of sp³-hybridized carbons (Fsp3) is 0.273. The Kier molecular flexibility index (Phi) is 12.1. The number of halogens is 4. The van der Waals surface area contributed by atoms with Gasteiger partial charge in [0.25, 0.3) is 0 Å². The van der Waals surface area contributed by atoms with Crippen LogP contribution in [0.4, 0.5) is 5.82 Å². The number of hydrogen-bond donors (Lipinski definition) is 2. The summed E-state index contributed by atoms with van der Waals surface area (Å²) < 4.78 is 0. The molecule has 3 aromatic rings. The number of rotatable bonds is 9. The summed E-state index contributed by atoms with van der Waals surface area (Å²) in [7, 11) is 0. The van der Waals surface area contributed by atoms with Crippen LogP contribution in [0.2, 0.25) is 10.0 Å². The Balaban J connectivity index is 0.00000225. The Morgan fingerprint density at radius 1 is 0.833 bits per heavy atom. The normalized spacial score (nSPS) is 10.6. The molecule has 3 rings (SSSR count). The number of nitrogens with two attached hydrogens (primary N) is 1. The molecule has 0 aliphatic heterocycles. The quantitative estimate of drug-likeness (QED) is 0.323. The number of nitrogens with one attached hydrogen (secondary N) is 1. The second-order valence-corrected chi connectivity index (χ2v) is 7.48. The molecule has 30 heavy (non-hydrogen) atoms. The number of aromatic nitrogens is 2. The summed E-state index contributed by atoms with van der Waals surface area (Å²) in [5.41, 5.74) is 7.45. The highest BCUT2D eigenvalue weighted by Gasteiger charge is 2.07. The second kappa shape index (κ2) is 13.7. The Labute approximate surface area is 200 Å². The summed E-state index contributed by atoms with van der Waals surface area (Å²) in [6.45, 7) is 1.61. The smallest absolute Gasteiger partial charge is 0.154 e. The third-order valence-corrected chi connectivity index (χ3v) is 4.88. The van der Waals surface area contributed by atoms with Crippen LogP contribution in [-0.2, 0) is 0 Å². The largest absolute Gasteiger partial charge is 0.369 e. The molecule has 0 atom stereocenters. The molecule has 1 heterocycles. The van der Waals surface area contributed by atoms with E-state index in [-0.39, 0.29) is 24.8 Å². The van der Waals surface area contributed by atoms with E-state index in [0.717, 1.165) is 61.1 Å². The van der Waals surface area contributed by atoms with E-state index in [4.69, 9.17) is 33.9 Å². The van der Waals surface area contributed by atoms with Crippen molar-refractivity contribution in [2.24, 2.45) is 5.73 Å². The highest BCUT2D eigenvalue weighted by molar-refractivity contribution is 6.31. The molecule has 3 N–H and O–H groups in total. The van der Waals surface area contributed by atoms with E-state index in [2.05, 4.69) is 10.3 Å². The van der Waals surface area contributed by atoms with Gasteiger partial charge in [-0.05, 0) is 61.4 Å². The van der Waals surface area contributed by atoms with Gasteiger partial charge in [0.1, 0.15) is 5.82 Å². The van der Waals surface area contributed by atoms with Crippen molar-refractivity contribution >= 4 is 76.9 Å². The van der Waals surface area contributed by atoms with Crippen molar-refractivity contribution in [1.82, 2.24) is 9.97 Å². The van der Waals surface area contributed by atoms with E-state index in [1.807, 2.05) is 54.6 Å². The van der Waals surface area contributed by atoms with Crippen LogP contribution >= 0.6 is 48.0 Å². The Morgan fingerprint density at radius 3 is 2.27 bits per heavy atom. The van der Waals surface area contributed by atoms with Crippen molar-refractivity contribution in [2.45, 2.75) is 25.7 Å². The van der Waals surface area contributed by atoms with Gasteiger partial charge in [-0.2, -0.15) is 0 Å². The first-order chi connectivity index (χ1) is 13.7. The third kappa shape index (κ3) is 7.93. The van der Waals surface area contributed by atoms with Crippen LogP contribution < -0.4 is 11.1 Å². The molecule has 162 valence electrons. The van der Waals surface area contributed by atoms with Gasteiger partial charge in [-0.1, -0.05) is 54.3 Å². The van der Waals surface area contributed by atoms with Gasteiger partial charge in [-0.3, -0.25) is 0 Å². The Morgan fingerprint density at radius 2 is 1.53 bits per heavy atom. The Bertz CT molecular complexity index is 946. The molecule has 0 radical (unpaired) electrons. The van der Waals surface area contributed by atoms with Crippen LogP contribution in [0.5, 0.6) is 0 Å². The fourth-order valence-corrected chi connectivity index (χ4v) is 3.20. The molecule has 2 aromatic carbocycles. The predicted octanol–water partition coefficient (Wildman–Crippen LogP) is 6.88. The SMILES string of the molecule is Cl.Cl.NCCCCCCNc1nc(C=Cc2ccc(Cl)cc2)nc2ccc(Cl)cc12. The van der Waals surface area contributed by atoms with E-state index in [1.165, 1.54) is 0 Å². The molecule has 8 heteroatoms. The molecule has 1 aromatic heterocycles. The van der Waals surface area contributed by atoms with Crippen molar-refractivity contribution in [3.05, 3.63) is 63.9 Å². The first-order valence-electron chi connectivity index (χ1n) is 9.50. The van der Waals surface area contributed by atoms with E-state index < -0.39 is 0 Å². The zero-order chi connectivity index (χ0) is 19.8. The number of fused-ring (bicyclic) bond motifs is 1. The molecule has 0 spiro atoms. The zero-order valence-corrected chi connectivity index (χ0v) is 19.6. The molecule has 0 saturated heterocycles. The summed E-state index contributed by atoms with van der Waals surface area (Å²) in [4.78, 5) is 9.34. The van der Waals surface area contributed by atoms with Crippen molar-refractivity contribution in [3.8, 4) is 0 Å². The Hall–Kier alpha value is -1.56. The van der Waals surface area contributed by atoms with Gasteiger partial charge in [-0.15, -0.1) is 24.8 Å². The summed E-state index contributed by atoms with van der Waals surface area (Å²) in [6.07, 6.45) is 8.34. The average molecular weight is 488 g/mol. The standard InChI is InChI=1S/C22H24Cl2N4.2ClH/c23-17-8-5-16(6-9-17)7-12-21-27-20-11-10-18(24)15-19(20)22(28-21)26-14-4-2-1-3-13-25;;/h5-12,15H,1-4,13-14,25H2,(H,26,27,28);2*1H. The number of unbranched alkanes of at least 4 members (excludes halogenated alkanes) is 3. The van der Waals surface area contributed by atoms with Gasteiger partial charge < -0.3 is 11.1 Å². The van der Waals surface area contributed by atoms with Crippen LogP contribution in [-0.4, -0.2) is 23.1 Å². The van der Waals surface area contributed by atoms with Crippen molar-refractivity contribution in [2.75, 3.05) is 18.4 Å². The van der Waals surface area contributed by atoms with Crippen LogP contribution in [0.3, 0.4) is 0 Å². The molecule has 0 aliphatic carbocycles. The lowest BCUT2D eigenvalue weighted by Gasteiger charge is -2.10. The topological polar surface area (TPSA) is 63.8 Å². The van der Waals surface area contributed by atoms with Crippen LogP contribution in [0.15, 0.2) is 42.5 Å². The van der Waals surface area contributed by atoms with E-state index in [1.54, 1.807) is 0 Å². The summed E-state index contributed by atoms with van der Waals surface area (Å²) >= 11 is 12.1. The number of anilines is 1. The van der Waals surface area contributed by atoms with Gasteiger partial charge in [0.2, 0.25) is 0 Å². The van der Waals surface area contributed by atoms with Gasteiger partial charge in [0.15, 0.2) is 5.82 Å². The van der Waals surface area contributed by atoms with Crippen molar-refractivity contribution in [1.29, 1.82) is 0 Å². The maximum absolute atomic E-state index is 6.18. The summed E-state index contributed by atoms with van der Waals surface area (Å²) in [6, 6.07) is 13.3. The maximum Gasteiger partial charge on any atom is 0.154 e. The second-order valence-electron chi connectivity index (χ2n) is 6.61. The zero-order valence-electron chi connectivity index (χ0n) is 16.5. The number of nitrogens with zero attached hydrogens (tertiary/aromatic N) is 2. The molecule has 0 aliphatic rings. The van der Waals surface area contributed by atoms with E-state index in [0.29, 0.717) is 15.9 Å². The molecule has 0 unspecified atom stereocenters. The van der Waals surface area contributed by atoms with Crippen LogP contribution in [0.1, 0.15) is 37.1 Å². The molecular formula is C22H26Cl4N4. The van der Waals surface area contributed by atoms with Crippen LogP contribution in [0.25, 0.3) is 23.1 Å². The first kappa shape index (κ1) is 26.5. The molecule has 0 amide bonds. The molecular weight excluding hydrogens is 462 g/mol. The van der Waals surface area contributed by atoms with Gasteiger partial charge >= 0.3 is 0 Å². The molecule has 0 saturated carbocycles. The fourth-order valence-electron chi connectivity index (χ4n) is 2.90. The van der Waals surface area contributed by atoms with E-state index >= 15 is 0 Å².